The van der Waals surface area contributed by atoms with Crippen molar-refractivity contribution >= 4 is 5.78 Å². The predicted octanol–water partition coefficient (Wildman–Crippen LogP) is 3.41. The molecule has 2 aromatic carbocycles. The number of carbonyl (C=O) groups is 1. The molecule has 2 N–H and O–H groups in total. The number of aliphatic hydroxyl groups is 1. The first-order valence-electron chi connectivity index (χ1n) is 10.0. The maximum Gasteiger partial charge on any atom is 0.164 e. The molecule has 6 nitrogen and oxygen atoms in total. The Kier molecular flexibility index (Phi) is 4.67. The molecule has 1 aromatic heterocycles. The lowest BCUT2D eigenvalue weighted by Crippen LogP contribution is -2.38. The molecule has 30 heavy (non-hydrogen) atoms. The van der Waals surface area contributed by atoms with Gasteiger partial charge in [0.15, 0.2) is 5.78 Å². The van der Waals surface area contributed by atoms with Crippen molar-refractivity contribution in [1.82, 2.24) is 20.1 Å². The summed E-state index contributed by atoms with van der Waals surface area (Å²) in [6.07, 6.45) is 4.00. The van der Waals surface area contributed by atoms with Gasteiger partial charge >= 0.3 is 0 Å². The van der Waals surface area contributed by atoms with E-state index < -0.39 is 6.04 Å². The first-order chi connectivity index (χ1) is 14.6. The quantitative estimate of drug-likeness (QED) is 0.699. The fourth-order valence-corrected chi connectivity index (χ4v) is 4.67. The Morgan fingerprint density at radius 3 is 2.70 bits per heavy atom. The maximum absolute atomic E-state index is 13.5. The molecule has 2 heterocycles. The summed E-state index contributed by atoms with van der Waals surface area (Å²) in [5, 5.41) is 19.0. The van der Waals surface area contributed by atoms with E-state index in [9.17, 15) is 14.3 Å². The summed E-state index contributed by atoms with van der Waals surface area (Å²) >= 11 is 0. The van der Waals surface area contributed by atoms with Crippen molar-refractivity contribution in [3.8, 4) is 0 Å². The Balaban J connectivity index is 1.64. The van der Waals surface area contributed by atoms with E-state index in [0.717, 1.165) is 24.1 Å². The summed E-state index contributed by atoms with van der Waals surface area (Å²) in [5.41, 5.74) is 3.33. The molecule has 3 atom stereocenters. The number of ketones is 1. The smallest absolute Gasteiger partial charge is 0.164 e. The van der Waals surface area contributed by atoms with Crippen LogP contribution in [0.15, 0.2) is 72.5 Å². The second-order valence-corrected chi connectivity index (χ2v) is 7.74. The molecule has 3 aromatic rings. The average Bonchev–Trinajstić information content (AvgIpc) is 3.28. The highest BCUT2D eigenvalue weighted by atomic mass is 19.1. The molecule has 0 fully saturated rings. The average molecular weight is 404 g/mol. The Morgan fingerprint density at radius 1 is 1.13 bits per heavy atom. The molecule has 0 radical (unpaired) electrons. The lowest BCUT2D eigenvalue weighted by Gasteiger charge is -2.36. The van der Waals surface area contributed by atoms with Gasteiger partial charge in [-0.2, -0.15) is 5.10 Å². The Morgan fingerprint density at radius 2 is 1.93 bits per heavy atom. The summed E-state index contributed by atoms with van der Waals surface area (Å²) in [6, 6.07) is 13.1. The van der Waals surface area contributed by atoms with E-state index in [-0.39, 0.29) is 35.7 Å². The van der Waals surface area contributed by atoms with Crippen LogP contribution < -0.4 is 5.32 Å². The van der Waals surface area contributed by atoms with Gasteiger partial charge in [-0.05, 0) is 35.2 Å². The van der Waals surface area contributed by atoms with Gasteiger partial charge < -0.3 is 10.4 Å². The Hall–Kier alpha value is -3.32. The summed E-state index contributed by atoms with van der Waals surface area (Å²) in [7, 11) is 0. The van der Waals surface area contributed by atoms with Gasteiger partial charge in [0.05, 0.1) is 11.6 Å². The molecule has 0 bridgehead atoms. The van der Waals surface area contributed by atoms with Crippen molar-refractivity contribution in [3.63, 3.8) is 0 Å². The van der Waals surface area contributed by atoms with E-state index in [1.54, 1.807) is 16.8 Å². The number of carbonyl (C=O) groups excluding carboxylic acids is 1. The van der Waals surface area contributed by atoms with Crippen LogP contribution in [0, 0.1) is 5.82 Å². The fourth-order valence-electron chi connectivity index (χ4n) is 4.67. The zero-order chi connectivity index (χ0) is 20.7. The van der Waals surface area contributed by atoms with Gasteiger partial charge in [-0.25, -0.2) is 14.1 Å². The molecular weight excluding hydrogens is 383 g/mol. The molecule has 0 saturated heterocycles. The van der Waals surface area contributed by atoms with Crippen LogP contribution in [0.25, 0.3) is 0 Å². The topological polar surface area (TPSA) is 80.0 Å². The minimum Gasteiger partial charge on any atom is -0.510 e. The van der Waals surface area contributed by atoms with E-state index in [1.807, 2.05) is 18.2 Å². The van der Waals surface area contributed by atoms with Crippen molar-refractivity contribution in [2.75, 3.05) is 6.54 Å². The second kappa shape index (κ2) is 7.50. The Bertz CT molecular complexity index is 1110. The van der Waals surface area contributed by atoms with Gasteiger partial charge in [0.2, 0.25) is 0 Å². The standard InChI is InChI=1S/C23H21FN4O2/c24-16-7-5-15(6-8-16)18-11-19(29)20(23(30)22(18)28-13-25-12-27-28)21-17-4-2-1-3-14(17)9-10-26-21/h1-8,12-13,18,21-22,26,30H,9-11H2/t18-,21+,22-/m1/s1. The minimum atomic E-state index is -0.596. The third-order valence-electron chi connectivity index (χ3n) is 6.06. The van der Waals surface area contributed by atoms with Gasteiger partial charge in [-0.3, -0.25) is 4.79 Å². The van der Waals surface area contributed by atoms with Crippen LogP contribution in [0.4, 0.5) is 4.39 Å². The highest BCUT2D eigenvalue weighted by Gasteiger charge is 2.42. The number of rotatable bonds is 3. The van der Waals surface area contributed by atoms with Gasteiger partial charge in [0.25, 0.3) is 0 Å². The first kappa shape index (κ1) is 18.7. The van der Waals surface area contributed by atoms with Crippen LogP contribution in [0.5, 0.6) is 0 Å². The molecule has 5 rings (SSSR count). The summed E-state index contributed by atoms with van der Waals surface area (Å²) in [6.45, 7) is 0.723. The number of benzene rings is 2. The van der Waals surface area contributed by atoms with Crippen molar-refractivity contribution in [3.05, 3.63) is 95.0 Å². The predicted molar refractivity (Wildman–Crippen MR) is 108 cm³/mol. The van der Waals surface area contributed by atoms with Gasteiger partial charge in [0, 0.05) is 18.9 Å². The number of Topliss-reactive ketones (excluding diaryl/α,β-unsaturated/α-hetero) is 1. The lowest BCUT2D eigenvalue weighted by molar-refractivity contribution is -0.117. The van der Waals surface area contributed by atoms with Gasteiger partial charge in [-0.15, -0.1) is 0 Å². The molecule has 0 saturated carbocycles. The van der Waals surface area contributed by atoms with Crippen molar-refractivity contribution in [2.45, 2.75) is 30.8 Å². The number of aromatic nitrogens is 3. The van der Waals surface area contributed by atoms with E-state index in [4.69, 9.17) is 0 Å². The van der Waals surface area contributed by atoms with Crippen LogP contribution in [-0.2, 0) is 11.2 Å². The number of hydrogen-bond acceptors (Lipinski definition) is 5. The molecule has 1 aliphatic heterocycles. The van der Waals surface area contributed by atoms with Crippen molar-refractivity contribution < 1.29 is 14.3 Å². The number of aliphatic hydroxyl groups excluding tert-OH is 1. The molecule has 0 spiro atoms. The van der Waals surface area contributed by atoms with Crippen LogP contribution in [0.2, 0.25) is 0 Å². The largest absolute Gasteiger partial charge is 0.510 e. The van der Waals surface area contributed by atoms with Gasteiger partial charge in [0.1, 0.15) is 30.3 Å². The van der Waals surface area contributed by atoms with Gasteiger partial charge in [-0.1, -0.05) is 36.4 Å². The van der Waals surface area contributed by atoms with E-state index in [2.05, 4.69) is 21.5 Å². The third-order valence-corrected chi connectivity index (χ3v) is 6.06. The van der Waals surface area contributed by atoms with Crippen LogP contribution in [-0.4, -0.2) is 32.2 Å². The number of fused-ring (bicyclic) bond motifs is 1. The summed E-state index contributed by atoms with van der Waals surface area (Å²) in [4.78, 5) is 17.3. The number of allylic oxidation sites excluding steroid dienone is 1. The van der Waals surface area contributed by atoms with Crippen molar-refractivity contribution in [2.24, 2.45) is 0 Å². The summed E-state index contributed by atoms with van der Waals surface area (Å²) < 4.78 is 15.0. The van der Waals surface area contributed by atoms with E-state index in [0.29, 0.717) is 5.57 Å². The SMILES string of the molecule is O=C1C[C@H](c2ccc(F)cc2)[C@@H](n2cncn2)C(O)=C1[C@H]1NCCc2ccccc21. The molecular formula is C23H21FN4O2. The number of halogens is 1. The molecule has 0 unspecified atom stereocenters. The first-order valence-corrected chi connectivity index (χ1v) is 10.0. The number of hydrogen-bond donors (Lipinski definition) is 2. The highest BCUT2D eigenvalue weighted by molar-refractivity contribution is 5.99. The third kappa shape index (κ3) is 3.11. The molecule has 152 valence electrons. The lowest BCUT2D eigenvalue weighted by atomic mass is 9.75. The highest BCUT2D eigenvalue weighted by Crippen LogP contribution is 2.45. The van der Waals surface area contributed by atoms with Crippen molar-refractivity contribution in [1.29, 1.82) is 0 Å². The zero-order valence-electron chi connectivity index (χ0n) is 16.2. The minimum absolute atomic E-state index is 0.0136. The molecule has 1 aliphatic carbocycles. The zero-order valence-corrected chi connectivity index (χ0v) is 16.2. The number of nitrogens with zero attached hydrogens (tertiary/aromatic N) is 3. The van der Waals surface area contributed by atoms with E-state index in [1.165, 1.54) is 30.4 Å². The molecule has 2 aliphatic rings. The normalized spacial score (nSPS) is 24.0. The molecule has 7 heteroatoms. The van der Waals surface area contributed by atoms with Crippen LogP contribution >= 0.6 is 0 Å². The van der Waals surface area contributed by atoms with Crippen LogP contribution in [0.1, 0.15) is 41.1 Å². The number of nitrogens with one attached hydrogen (secondary N) is 1. The van der Waals surface area contributed by atoms with Crippen LogP contribution in [0.3, 0.4) is 0 Å². The Labute approximate surface area is 173 Å². The molecule has 0 amide bonds. The monoisotopic (exact) mass is 404 g/mol. The maximum atomic E-state index is 13.5. The van der Waals surface area contributed by atoms with E-state index >= 15 is 0 Å². The second-order valence-electron chi connectivity index (χ2n) is 7.74. The summed E-state index contributed by atoms with van der Waals surface area (Å²) in [5.74, 6) is -0.850. The fraction of sp³-hybridized carbons (Fsp3) is 0.261.